The van der Waals surface area contributed by atoms with Gasteiger partial charge in [-0.3, -0.25) is 0 Å². The van der Waals surface area contributed by atoms with Gasteiger partial charge in [-0.2, -0.15) is 0 Å². The number of thiocarbonyl (C=S) groups is 1. The summed E-state index contributed by atoms with van der Waals surface area (Å²) in [5, 5.41) is 3.55. The topological polar surface area (TPSA) is 12.0 Å². The summed E-state index contributed by atoms with van der Waals surface area (Å²) in [6, 6.07) is 16.9. The molecule has 0 amide bonds. The van der Waals surface area contributed by atoms with Crippen LogP contribution < -0.4 is 5.32 Å². The third-order valence-corrected chi connectivity index (χ3v) is 4.85. The van der Waals surface area contributed by atoms with Crippen molar-refractivity contribution in [1.29, 1.82) is 0 Å². The molecule has 3 heteroatoms. The standard InChI is InChI=1S/C15H13NS2/c1-10-6-8-11(9-7-10)14-15(17)16-12-4-2-3-5-13(12)18-14/h2-9,14H,1H3,(H,16,17). The number of hydrogen-bond acceptors (Lipinski definition) is 2. The predicted molar refractivity (Wildman–Crippen MR) is 82.4 cm³/mol. The normalized spacial score (nSPS) is 18.1. The van der Waals surface area contributed by atoms with Gasteiger partial charge in [0.1, 0.15) is 0 Å². The maximum atomic E-state index is 5.49. The Kier molecular flexibility index (Phi) is 3.10. The number of hydrogen-bond donors (Lipinski definition) is 1. The summed E-state index contributed by atoms with van der Waals surface area (Å²) in [6.07, 6.45) is 0. The molecule has 0 bridgehead atoms. The summed E-state index contributed by atoms with van der Waals surface area (Å²) in [4.78, 5) is 2.15. The van der Waals surface area contributed by atoms with Crippen molar-refractivity contribution in [3.63, 3.8) is 0 Å². The van der Waals surface area contributed by atoms with Crippen molar-refractivity contribution in [2.75, 3.05) is 5.32 Å². The number of nitrogens with one attached hydrogen (secondary N) is 1. The number of benzene rings is 2. The second kappa shape index (κ2) is 4.75. The zero-order valence-electron chi connectivity index (χ0n) is 10.0. The lowest BCUT2D eigenvalue weighted by molar-refractivity contribution is 1.25. The molecular weight excluding hydrogens is 258 g/mol. The number of rotatable bonds is 1. The van der Waals surface area contributed by atoms with E-state index in [-0.39, 0.29) is 5.25 Å². The van der Waals surface area contributed by atoms with Gasteiger partial charge in [0.05, 0.1) is 15.9 Å². The summed E-state index contributed by atoms with van der Waals surface area (Å²) in [7, 11) is 0. The molecule has 1 nitrogen and oxygen atoms in total. The van der Waals surface area contributed by atoms with E-state index in [0.29, 0.717) is 0 Å². The summed E-state index contributed by atoms with van der Waals surface area (Å²) >= 11 is 7.31. The first-order valence-electron chi connectivity index (χ1n) is 5.87. The van der Waals surface area contributed by atoms with Crippen molar-refractivity contribution >= 4 is 34.7 Å². The first-order chi connectivity index (χ1) is 8.74. The van der Waals surface area contributed by atoms with E-state index in [4.69, 9.17) is 12.2 Å². The van der Waals surface area contributed by atoms with Crippen molar-refractivity contribution < 1.29 is 0 Å². The second-order valence-corrected chi connectivity index (χ2v) is 5.98. The van der Waals surface area contributed by atoms with Crippen LogP contribution in [0, 0.1) is 6.92 Å². The molecule has 2 aromatic rings. The third-order valence-electron chi connectivity index (χ3n) is 3.01. The molecule has 2 aromatic carbocycles. The molecular formula is C15H13NS2. The van der Waals surface area contributed by atoms with Gasteiger partial charge >= 0.3 is 0 Å². The summed E-state index contributed by atoms with van der Waals surface area (Å²) in [6.45, 7) is 2.10. The lowest BCUT2D eigenvalue weighted by atomic mass is 10.1. The maximum Gasteiger partial charge on any atom is 0.0978 e. The van der Waals surface area contributed by atoms with Crippen LogP contribution in [0.25, 0.3) is 0 Å². The highest BCUT2D eigenvalue weighted by Crippen LogP contribution is 2.43. The molecule has 0 saturated carbocycles. The quantitative estimate of drug-likeness (QED) is 0.762. The zero-order valence-corrected chi connectivity index (χ0v) is 11.6. The van der Waals surface area contributed by atoms with E-state index >= 15 is 0 Å². The average molecular weight is 271 g/mol. The van der Waals surface area contributed by atoms with Gasteiger partial charge in [-0.05, 0) is 24.6 Å². The van der Waals surface area contributed by atoms with Crippen molar-refractivity contribution in [1.82, 2.24) is 0 Å². The average Bonchev–Trinajstić information content (AvgIpc) is 2.39. The lowest BCUT2D eigenvalue weighted by Crippen LogP contribution is -2.21. The molecule has 1 unspecified atom stereocenters. The summed E-state index contributed by atoms with van der Waals surface area (Å²) in [5.74, 6) is 0. The predicted octanol–water partition coefficient (Wildman–Crippen LogP) is 4.58. The fourth-order valence-corrected chi connectivity index (χ4v) is 3.52. The Morgan fingerprint density at radius 2 is 1.78 bits per heavy atom. The third kappa shape index (κ3) is 2.16. The van der Waals surface area contributed by atoms with E-state index in [0.717, 1.165) is 10.7 Å². The number of para-hydroxylation sites is 1. The number of fused-ring (bicyclic) bond motifs is 1. The molecule has 0 spiro atoms. The Morgan fingerprint density at radius 3 is 2.56 bits per heavy atom. The molecule has 1 atom stereocenters. The second-order valence-electron chi connectivity index (χ2n) is 4.39. The Hall–Kier alpha value is -1.32. The Balaban J connectivity index is 1.95. The van der Waals surface area contributed by atoms with E-state index in [9.17, 15) is 0 Å². The van der Waals surface area contributed by atoms with Gasteiger partial charge in [0.15, 0.2) is 0 Å². The highest BCUT2D eigenvalue weighted by Gasteiger charge is 2.24. The van der Waals surface area contributed by atoms with Crippen LogP contribution in [0.15, 0.2) is 53.4 Å². The molecule has 0 fully saturated rings. The van der Waals surface area contributed by atoms with Gasteiger partial charge in [0.2, 0.25) is 0 Å². The largest absolute Gasteiger partial charge is 0.348 e. The minimum atomic E-state index is 0.218. The fraction of sp³-hybridized carbons (Fsp3) is 0.133. The van der Waals surface area contributed by atoms with Crippen molar-refractivity contribution in [3.05, 3.63) is 59.7 Å². The molecule has 0 aliphatic carbocycles. The number of aryl methyl sites for hydroxylation is 1. The van der Waals surface area contributed by atoms with Gasteiger partial charge < -0.3 is 5.32 Å². The molecule has 0 aromatic heterocycles. The van der Waals surface area contributed by atoms with E-state index < -0.39 is 0 Å². The first kappa shape index (κ1) is 11.8. The van der Waals surface area contributed by atoms with Crippen LogP contribution in [0.3, 0.4) is 0 Å². The molecule has 0 saturated heterocycles. The minimum Gasteiger partial charge on any atom is -0.348 e. The monoisotopic (exact) mass is 271 g/mol. The van der Waals surface area contributed by atoms with Crippen LogP contribution in [-0.2, 0) is 0 Å². The van der Waals surface area contributed by atoms with E-state index in [2.05, 4.69) is 54.7 Å². The molecule has 90 valence electrons. The van der Waals surface area contributed by atoms with Gasteiger partial charge in [-0.25, -0.2) is 0 Å². The van der Waals surface area contributed by atoms with Crippen LogP contribution in [-0.4, -0.2) is 4.99 Å². The van der Waals surface area contributed by atoms with Crippen molar-refractivity contribution in [3.8, 4) is 0 Å². The Morgan fingerprint density at radius 1 is 1.06 bits per heavy atom. The Labute approximate surface area is 117 Å². The van der Waals surface area contributed by atoms with Gasteiger partial charge in [0.25, 0.3) is 0 Å². The maximum absolute atomic E-state index is 5.49. The van der Waals surface area contributed by atoms with E-state index in [1.54, 1.807) is 0 Å². The summed E-state index contributed by atoms with van der Waals surface area (Å²) in [5.41, 5.74) is 3.66. The smallest absolute Gasteiger partial charge is 0.0978 e. The van der Waals surface area contributed by atoms with Crippen LogP contribution in [0.5, 0.6) is 0 Å². The van der Waals surface area contributed by atoms with Crippen LogP contribution in [0.2, 0.25) is 0 Å². The molecule has 3 rings (SSSR count). The van der Waals surface area contributed by atoms with Crippen molar-refractivity contribution in [2.45, 2.75) is 17.1 Å². The SMILES string of the molecule is Cc1ccc(C2Sc3ccccc3NC2=S)cc1. The minimum absolute atomic E-state index is 0.218. The highest BCUT2D eigenvalue weighted by molar-refractivity contribution is 8.01. The van der Waals surface area contributed by atoms with E-state index in [1.165, 1.54) is 16.0 Å². The lowest BCUT2D eigenvalue weighted by Gasteiger charge is -2.26. The molecule has 1 aliphatic heterocycles. The molecule has 1 heterocycles. The van der Waals surface area contributed by atoms with Gasteiger partial charge in [-0.1, -0.05) is 54.2 Å². The summed E-state index contributed by atoms with van der Waals surface area (Å²) < 4.78 is 0. The van der Waals surface area contributed by atoms with Crippen molar-refractivity contribution in [2.24, 2.45) is 0 Å². The molecule has 1 N–H and O–H groups in total. The number of thioether (sulfide) groups is 1. The molecule has 1 aliphatic rings. The zero-order chi connectivity index (χ0) is 12.5. The van der Waals surface area contributed by atoms with Crippen LogP contribution in [0.4, 0.5) is 5.69 Å². The highest BCUT2D eigenvalue weighted by atomic mass is 32.2. The van der Waals surface area contributed by atoms with Gasteiger partial charge in [0, 0.05) is 4.90 Å². The first-order valence-corrected chi connectivity index (χ1v) is 7.16. The molecule has 18 heavy (non-hydrogen) atoms. The Bertz CT molecular complexity index is 590. The van der Waals surface area contributed by atoms with Crippen LogP contribution >= 0.6 is 24.0 Å². The molecule has 0 radical (unpaired) electrons. The van der Waals surface area contributed by atoms with E-state index in [1.807, 2.05) is 17.8 Å². The van der Waals surface area contributed by atoms with Crippen LogP contribution in [0.1, 0.15) is 16.4 Å². The fourth-order valence-electron chi connectivity index (χ4n) is 2.01. The number of anilines is 1. The van der Waals surface area contributed by atoms with Gasteiger partial charge in [-0.15, -0.1) is 11.8 Å².